The second kappa shape index (κ2) is 5.26. The molecule has 2 nitrogen and oxygen atoms in total. The largest absolute Gasteiger partial charge is 0.416 e. The maximum atomic E-state index is 12.6. The van der Waals surface area contributed by atoms with E-state index < -0.39 is 11.7 Å². The van der Waals surface area contributed by atoms with Gasteiger partial charge in [-0.1, -0.05) is 36.4 Å². The highest BCUT2D eigenvalue weighted by molar-refractivity contribution is 6.16. The van der Waals surface area contributed by atoms with Gasteiger partial charge in [0.2, 0.25) is 0 Å². The summed E-state index contributed by atoms with van der Waals surface area (Å²) < 4.78 is 37.7. The van der Waals surface area contributed by atoms with Crippen molar-refractivity contribution in [3.63, 3.8) is 0 Å². The molecule has 0 radical (unpaired) electrons. The van der Waals surface area contributed by atoms with Crippen LogP contribution < -0.4 is 0 Å². The smallest absolute Gasteiger partial charge is 0.289 e. The number of pyridine rings is 1. The number of aromatic nitrogens is 1. The summed E-state index contributed by atoms with van der Waals surface area (Å²) in [5, 5.41) is 1.53. The SMILES string of the molecule is O=C(c1ccc(C(F)(F)F)cc1)c1cncc2ccccc12. The third kappa shape index (κ3) is 2.57. The van der Waals surface area contributed by atoms with Gasteiger partial charge in [-0.05, 0) is 17.5 Å². The number of alkyl halides is 3. The van der Waals surface area contributed by atoms with Gasteiger partial charge in [0.25, 0.3) is 0 Å². The van der Waals surface area contributed by atoms with Crippen LogP contribution in [0.5, 0.6) is 0 Å². The molecule has 0 saturated heterocycles. The van der Waals surface area contributed by atoms with Crippen molar-refractivity contribution < 1.29 is 18.0 Å². The van der Waals surface area contributed by atoms with Gasteiger partial charge in [0, 0.05) is 28.9 Å². The molecule has 2 aromatic carbocycles. The van der Waals surface area contributed by atoms with Crippen LogP contribution >= 0.6 is 0 Å². The van der Waals surface area contributed by atoms with E-state index in [4.69, 9.17) is 0 Å². The molecule has 0 aliphatic carbocycles. The molecule has 0 N–H and O–H groups in total. The molecular formula is C17H10F3NO. The molecule has 0 amide bonds. The predicted octanol–water partition coefficient (Wildman–Crippen LogP) is 4.48. The molecule has 3 aromatic rings. The highest BCUT2D eigenvalue weighted by Crippen LogP contribution is 2.29. The van der Waals surface area contributed by atoms with E-state index in [2.05, 4.69) is 4.98 Å². The molecule has 0 aliphatic heterocycles. The zero-order chi connectivity index (χ0) is 15.7. The second-order valence-corrected chi connectivity index (χ2v) is 4.81. The number of benzene rings is 2. The van der Waals surface area contributed by atoms with E-state index >= 15 is 0 Å². The van der Waals surface area contributed by atoms with Crippen LogP contribution in [0.3, 0.4) is 0 Å². The molecule has 110 valence electrons. The van der Waals surface area contributed by atoms with Crippen molar-refractivity contribution in [3.8, 4) is 0 Å². The average molecular weight is 301 g/mol. The van der Waals surface area contributed by atoms with Gasteiger partial charge in [-0.15, -0.1) is 0 Å². The molecule has 1 aromatic heterocycles. The van der Waals surface area contributed by atoms with Crippen LogP contribution in [0.4, 0.5) is 13.2 Å². The summed E-state index contributed by atoms with van der Waals surface area (Å²) >= 11 is 0. The summed E-state index contributed by atoms with van der Waals surface area (Å²) in [5.41, 5.74) is -0.205. The van der Waals surface area contributed by atoms with Gasteiger partial charge in [-0.2, -0.15) is 13.2 Å². The number of ketones is 1. The van der Waals surface area contributed by atoms with E-state index in [1.54, 1.807) is 18.3 Å². The first-order valence-electron chi connectivity index (χ1n) is 6.51. The first-order chi connectivity index (χ1) is 10.5. The minimum absolute atomic E-state index is 0.200. The Morgan fingerprint density at radius 3 is 2.27 bits per heavy atom. The van der Waals surface area contributed by atoms with Crippen molar-refractivity contribution in [2.75, 3.05) is 0 Å². The van der Waals surface area contributed by atoms with Crippen molar-refractivity contribution in [3.05, 3.63) is 77.6 Å². The molecule has 0 unspecified atom stereocenters. The fourth-order valence-electron chi connectivity index (χ4n) is 2.26. The molecule has 22 heavy (non-hydrogen) atoms. The van der Waals surface area contributed by atoms with Crippen LogP contribution in [0.25, 0.3) is 10.8 Å². The summed E-state index contributed by atoms with van der Waals surface area (Å²) in [6.07, 6.45) is -1.34. The Hall–Kier alpha value is -2.69. The quantitative estimate of drug-likeness (QED) is 0.653. The Balaban J connectivity index is 2.03. The molecule has 3 rings (SSSR count). The lowest BCUT2D eigenvalue weighted by molar-refractivity contribution is -0.137. The van der Waals surface area contributed by atoms with Gasteiger partial charge in [0.05, 0.1) is 5.56 Å². The van der Waals surface area contributed by atoms with Crippen molar-refractivity contribution in [1.82, 2.24) is 4.98 Å². The summed E-state index contributed by atoms with van der Waals surface area (Å²) in [7, 11) is 0. The molecule has 5 heteroatoms. The number of hydrogen-bond donors (Lipinski definition) is 0. The Morgan fingerprint density at radius 1 is 0.909 bits per heavy atom. The van der Waals surface area contributed by atoms with Crippen molar-refractivity contribution >= 4 is 16.6 Å². The van der Waals surface area contributed by atoms with Crippen LogP contribution in [0.15, 0.2) is 60.9 Å². The van der Waals surface area contributed by atoms with Gasteiger partial charge in [0.1, 0.15) is 0 Å². The van der Waals surface area contributed by atoms with Crippen molar-refractivity contribution in [2.45, 2.75) is 6.18 Å². The Morgan fingerprint density at radius 2 is 1.59 bits per heavy atom. The van der Waals surface area contributed by atoms with E-state index in [1.165, 1.54) is 18.3 Å². The van der Waals surface area contributed by atoms with Crippen LogP contribution in [0, 0.1) is 0 Å². The van der Waals surface area contributed by atoms with E-state index in [-0.39, 0.29) is 11.3 Å². The average Bonchev–Trinajstić information content (AvgIpc) is 2.53. The summed E-state index contributed by atoms with van der Waals surface area (Å²) in [6, 6.07) is 11.4. The monoisotopic (exact) mass is 301 g/mol. The first-order valence-corrected chi connectivity index (χ1v) is 6.51. The number of carbonyl (C=O) groups excluding carboxylic acids is 1. The number of halogens is 3. The van der Waals surface area contributed by atoms with Gasteiger partial charge >= 0.3 is 6.18 Å². The third-order valence-electron chi connectivity index (χ3n) is 3.39. The maximum Gasteiger partial charge on any atom is 0.416 e. The minimum Gasteiger partial charge on any atom is -0.289 e. The number of rotatable bonds is 2. The van der Waals surface area contributed by atoms with Gasteiger partial charge < -0.3 is 0 Å². The lowest BCUT2D eigenvalue weighted by atomic mass is 9.99. The lowest BCUT2D eigenvalue weighted by Crippen LogP contribution is -2.07. The van der Waals surface area contributed by atoms with Crippen LogP contribution in [-0.4, -0.2) is 10.8 Å². The normalized spacial score (nSPS) is 11.6. The van der Waals surface area contributed by atoms with E-state index in [0.29, 0.717) is 5.56 Å². The fourth-order valence-corrected chi connectivity index (χ4v) is 2.26. The zero-order valence-corrected chi connectivity index (χ0v) is 11.3. The highest BCUT2D eigenvalue weighted by Gasteiger charge is 2.30. The van der Waals surface area contributed by atoms with Crippen LogP contribution in [0.1, 0.15) is 21.5 Å². The van der Waals surface area contributed by atoms with Gasteiger partial charge in [-0.25, -0.2) is 0 Å². The number of carbonyl (C=O) groups is 1. The summed E-state index contributed by atoms with van der Waals surface area (Å²) in [5.74, 6) is -0.349. The van der Waals surface area contributed by atoms with Gasteiger partial charge in [-0.3, -0.25) is 9.78 Å². The predicted molar refractivity (Wildman–Crippen MR) is 76.6 cm³/mol. The Kier molecular flexibility index (Phi) is 3.41. The molecule has 1 heterocycles. The number of fused-ring (bicyclic) bond motifs is 1. The Labute approximate surface area is 124 Å². The molecule has 0 atom stereocenters. The minimum atomic E-state index is -4.41. The number of hydrogen-bond acceptors (Lipinski definition) is 2. The third-order valence-corrected chi connectivity index (χ3v) is 3.39. The van der Waals surface area contributed by atoms with E-state index in [0.717, 1.165) is 22.9 Å². The molecule has 0 saturated carbocycles. The topological polar surface area (TPSA) is 30.0 Å². The van der Waals surface area contributed by atoms with E-state index in [1.807, 2.05) is 12.1 Å². The van der Waals surface area contributed by atoms with Crippen molar-refractivity contribution in [2.24, 2.45) is 0 Å². The number of nitrogens with zero attached hydrogens (tertiary/aromatic N) is 1. The fraction of sp³-hybridized carbons (Fsp3) is 0.0588. The molecule has 0 bridgehead atoms. The van der Waals surface area contributed by atoms with Gasteiger partial charge in [0.15, 0.2) is 5.78 Å². The van der Waals surface area contributed by atoms with E-state index in [9.17, 15) is 18.0 Å². The molecule has 0 spiro atoms. The molecule has 0 fully saturated rings. The van der Waals surface area contributed by atoms with Crippen LogP contribution in [0.2, 0.25) is 0 Å². The van der Waals surface area contributed by atoms with Crippen molar-refractivity contribution in [1.29, 1.82) is 0 Å². The summed E-state index contributed by atoms with van der Waals surface area (Å²) in [6.45, 7) is 0. The Bertz CT molecular complexity index is 833. The molecule has 0 aliphatic rings. The maximum absolute atomic E-state index is 12.6. The standard InChI is InChI=1S/C17H10F3NO/c18-17(19,20)13-7-5-11(6-8-13)16(22)15-10-21-9-12-3-1-2-4-14(12)15/h1-10H. The van der Waals surface area contributed by atoms with Crippen LogP contribution in [-0.2, 0) is 6.18 Å². The highest BCUT2D eigenvalue weighted by atomic mass is 19.4. The zero-order valence-electron chi connectivity index (χ0n) is 11.3. The first kappa shape index (κ1) is 14.3. The second-order valence-electron chi connectivity index (χ2n) is 4.81. The lowest BCUT2D eigenvalue weighted by Gasteiger charge is -2.08. The molecular weight excluding hydrogens is 291 g/mol. The summed E-state index contributed by atoms with van der Waals surface area (Å²) in [4.78, 5) is 16.5.